The van der Waals surface area contributed by atoms with E-state index in [2.05, 4.69) is 9.97 Å². The van der Waals surface area contributed by atoms with Crippen LogP contribution in [0.1, 0.15) is 11.6 Å². The quantitative estimate of drug-likeness (QED) is 0.470. The van der Waals surface area contributed by atoms with E-state index in [1.807, 2.05) is 0 Å². The van der Waals surface area contributed by atoms with Crippen LogP contribution in [0.4, 0.5) is 25.1 Å². The number of anilines is 2. The van der Waals surface area contributed by atoms with Crippen LogP contribution in [-0.4, -0.2) is 39.1 Å². The van der Waals surface area contributed by atoms with Gasteiger partial charge in [0.25, 0.3) is 0 Å². The van der Waals surface area contributed by atoms with E-state index >= 15 is 4.39 Å². The van der Waals surface area contributed by atoms with Gasteiger partial charge >= 0.3 is 6.03 Å². The van der Waals surface area contributed by atoms with E-state index in [-0.39, 0.29) is 18.4 Å². The van der Waals surface area contributed by atoms with Crippen molar-refractivity contribution in [2.24, 2.45) is 7.05 Å². The molecule has 7 nitrogen and oxygen atoms in total. The van der Waals surface area contributed by atoms with Crippen LogP contribution in [0.3, 0.4) is 0 Å². The molecule has 3 heterocycles. The molecule has 0 radical (unpaired) electrons. The second-order valence-corrected chi connectivity index (χ2v) is 8.40. The Morgan fingerprint density at radius 1 is 1.06 bits per heavy atom. The van der Waals surface area contributed by atoms with E-state index in [1.54, 1.807) is 37.0 Å². The number of benzene rings is 2. The summed E-state index contributed by atoms with van der Waals surface area (Å²) in [6, 6.07) is 7.83. The van der Waals surface area contributed by atoms with Crippen molar-refractivity contribution in [3.63, 3.8) is 0 Å². The number of urea groups is 1. The van der Waals surface area contributed by atoms with Gasteiger partial charge in [-0.2, -0.15) is 0 Å². The summed E-state index contributed by atoms with van der Waals surface area (Å²) < 4.78 is 31.5. The first-order valence-electron chi connectivity index (χ1n) is 10.1. The van der Waals surface area contributed by atoms with E-state index in [1.165, 1.54) is 40.4 Å². The van der Waals surface area contributed by atoms with Crippen molar-refractivity contribution in [2.75, 3.05) is 24.2 Å². The SMILES string of the molecule is CN1C(=O)N(c2ccc(-c3cn(C)c4ncnc(N)c34)c(F)c2)CC1c1cc(Cl)ccc1F. The number of aryl methyl sites for hydroxylation is 1. The lowest BCUT2D eigenvalue weighted by molar-refractivity contribution is 0.218. The zero-order valence-electron chi connectivity index (χ0n) is 17.8. The minimum absolute atomic E-state index is 0.153. The molecule has 1 aliphatic rings. The molecule has 0 saturated carbocycles. The van der Waals surface area contributed by atoms with E-state index in [9.17, 15) is 9.18 Å². The molecule has 0 aliphatic carbocycles. The number of rotatable bonds is 3. The summed E-state index contributed by atoms with van der Waals surface area (Å²) >= 11 is 6.03. The maximum absolute atomic E-state index is 15.3. The van der Waals surface area contributed by atoms with Gasteiger partial charge in [-0.25, -0.2) is 23.5 Å². The number of nitrogens with zero attached hydrogens (tertiary/aromatic N) is 5. The summed E-state index contributed by atoms with van der Waals surface area (Å²) in [5.74, 6) is -0.735. The van der Waals surface area contributed by atoms with Crippen molar-refractivity contribution in [1.29, 1.82) is 0 Å². The molecule has 1 saturated heterocycles. The van der Waals surface area contributed by atoms with Gasteiger partial charge in [0, 0.05) is 47.7 Å². The number of carbonyl (C=O) groups is 1. The molecule has 4 aromatic rings. The molecule has 168 valence electrons. The van der Waals surface area contributed by atoms with Crippen LogP contribution in [0.25, 0.3) is 22.2 Å². The average molecular weight is 469 g/mol. The molecule has 1 atom stereocenters. The fraction of sp³-hybridized carbons (Fsp3) is 0.174. The Bertz CT molecular complexity index is 1420. The van der Waals surface area contributed by atoms with Crippen molar-refractivity contribution in [3.05, 3.63) is 71.1 Å². The third-order valence-electron chi connectivity index (χ3n) is 6.01. The lowest BCUT2D eigenvalue weighted by Crippen LogP contribution is -2.29. The maximum Gasteiger partial charge on any atom is 0.324 e. The molecule has 1 aliphatic heterocycles. The number of amides is 2. The van der Waals surface area contributed by atoms with Crippen LogP contribution >= 0.6 is 11.6 Å². The molecule has 2 N–H and O–H groups in total. The highest BCUT2D eigenvalue weighted by Gasteiger charge is 2.38. The summed E-state index contributed by atoms with van der Waals surface area (Å²) in [7, 11) is 3.37. The second kappa shape index (κ2) is 7.70. The van der Waals surface area contributed by atoms with Crippen molar-refractivity contribution < 1.29 is 13.6 Å². The van der Waals surface area contributed by atoms with Crippen LogP contribution in [0, 0.1) is 11.6 Å². The van der Waals surface area contributed by atoms with Crippen LogP contribution in [-0.2, 0) is 7.05 Å². The van der Waals surface area contributed by atoms with E-state index in [0.717, 1.165) is 0 Å². The molecule has 1 fully saturated rings. The third-order valence-corrected chi connectivity index (χ3v) is 6.25. The minimum atomic E-state index is -0.561. The smallest absolute Gasteiger partial charge is 0.324 e. The molecule has 33 heavy (non-hydrogen) atoms. The van der Waals surface area contributed by atoms with Gasteiger partial charge in [-0.05, 0) is 36.4 Å². The lowest BCUT2D eigenvalue weighted by atomic mass is 10.0. The number of hydrogen-bond acceptors (Lipinski definition) is 4. The van der Waals surface area contributed by atoms with Gasteiger partial charge < -0.3 is 15.2 Å². The third kappa shape index (κ3) is 3.36. The zero-order valence-corrected chi connectivity index (χ0v) is 18.5. The molecular weight excluding hydrogens is 450 g/mol. The number of carbonyl (C=O) groups excluding carboxylic acids is 1. The number of aromatic nitrogens is 3. The van der Waals surface area contributed by atoms with Gasteiger partial charge in [-0.15, -0.1) is 0 Å². The van der Waals surface area contributed by atoms with Crippen molar-refractivity contribution in [1.82, 2.24) is 19.4 Å². The van der Waals surface area contributed by atoms with Crippen LogP contribution in [0.2, 0.25) is 5.02 Å². The lowest BCUT2D eigenvalue weighted by Gasteiger charge is -2.18. The fourth-order valence-electron chi connectivity index (χ4n) is 4.32. The molecular formula is C23H19ClF2N6O. The number of fused-ring (bicyclic) bond motifs is 1. The number of likely N-dealkylation sites (N-methyl/N-ethyl adjacent to an activating group) is 1. The Balaban J connectivity index is 1.52. The van der Waals surface area contributed by atoms with Crippen molar-refractivity contribution in [2.45, 2.75) is 6.04 Å². The Kier molecular flexibility index (Phi) is 4.93. The molecule has 0 spiro atoms. The topological polar surface area (TPSA) is 80.3 Å². The number of nitrogen functional groups attached to an aromatic ring is 1. The monoisotopic (exact) mass is 468 g/mol. The Morgan fingerprint density at radius 2 is 1.85 bits per heavy atom. The van der Waals surface area contributed by atoms with Crippen LogP contribution < -0.4 is 10.6 Å². The van der Waals surface area contributed by atoms with Gasteiger partial charge in [-0.1, -0.05) is 11.6 Å². The second-order valence-electron chi connectivity index (χ2n) is 7.96. The number of hydrogen-bond donors (Lipinski definition) is 1. The highest BCUT2D eigenvalue weighted by molar-refractivity contribution is 6.30. The molecule has 2 aromatic heterocycles. The standard InChI is InChI=1S/C23H19ClF2N6O/c1-30-9-16(20-21(27)28-11-29-22(20)30)14-5-4-13(8-18(14)26)32-10-19(31(2)23(32)33)15-7-12(24)3-6-17(15)25/h3-9,11,19H,10H2,1-2H3,(H2,27,28,29). The maximum atomic E-state index is 15.3. The Morgan fingerprint density at radius 3 is 2.61 bits per heavy atom. The summed E-state index contributed by atoms with van der Waals surface area (Å²) in [6.07, 6.45) is 3.09. The fourth-order valence-corrected chi connectivity index (χ4v) is 4.50. The summed E-state index contributed by atoms with van der Waals surface area (Å²) in [5, 5.41) is 0.930. The minimum Gasteiger partial charge on any atom is -0.383 e. The predicted octanol–water partition coefficient (Wildman–Crippen LogP) is 4.76. The molecule has 2 aromatic carbocycles. The highest BCUT2D eigenvalue weighted by atomic mass is 35.5. The predicted molar refractivity (Wildman–Crippen MR) is 123 cm³/mol. The Labute approximate surface area is 193 Å². The molecule has 1 unspecified atom stereocenters. The first kappa shape index (κ1) is 21.1. The molecule has 10 heteroatoms. The van der Waals surface area contributed by atoms with Crippen LogP contribution in [0.5, 0.6) is 0 Å². The zero-order chi connectivity index (χ0) is 23.4. The number of halogens is 3. The average Bonchev–Trinajstić information content (AvgIpc) is 3.27. The molecule has 0 bridgehead atoms. The van der Waals surface area contributed by atoms with Crippen molar-refractivity contribution >= 4 is 40.2 Å². The summed E-state index contributed by atoms with van der Waals surface area (Å²) in [6.45, 7) is 0.153. The van der Waals surface area contributed by atoms with E-state index < -0.39 is 17.7 Å². The summed E-state index contributed by atoms with van der Waals surface area (Å²) in [5.41, 5.74) is 8.15. The van der Waals surface area contributed by atoms with E-state index in [4.69, 9.17) is 17.3 Å². The largest absolute Gasteiger partial charge is 0.383 e. The summed E-state index contributed by atoms with van der Waals surface area (Å²) in [4.78, 5) is 24.0. The van der Waals surface area contributed by atoms with Gasteiger partial charge in [0.05, 0.1) is 18.0 Å². The highest BCUT2D eigenvalue weighted by Crippen LogP contribution is 2.38. The van der Waals surface area contributed by atoms with Gasteiger partial charge in [0.15, 0.2) is 0 Å². The van der Waals surface area contributed by atoms with Crippen molar-refractivity contribution in [3.8, 4) is 11.1 Å². The first-order chi connectivity index (χ1) is 15.8. The van der Waals surface area contributed by atoms with Gasteiger partial charge in [-0.3, -0.25) is 4.90 Å². The van der Waals surface area contributed by atoms with Crippen LogP contribution in [0.15, 0.2) is 48.9 Å². The van der Waals surface area contributed by atoms with Gasteiger partial charge in [0.2, 0.25) is 0 Å². The Hall–Kier alpha value is -3.72. The molecule has 5 rings (SSSR count). The van der Waals surface area contributed by atoms with E-state index in [0.29, 0.717) is 38.4 Å². The molecule has 2 amide bonds. The normalized spacial score (nSPS) is 16.3. The van der Waals surface area contributed by atoms with Gasteiger partial charge in [0.1, 0.15) is 29.4 Å². The first-order valence-corrected chi connectivity index (χ1v) is 10.5. The number of nitrogens with two attached hydrogens (primary N) is 1.